The second-order valence-corrected chi connectivity index (χ2v) is 5.63. The molecule has 0 saturated heterocycles. The van der Waals surface area contributed by atoms with Gasteiger partial charge in [0.2, 0.25) is 5.91 Å². The van der Waals surface area contributed by atoms with Crippen LogP contribution in [0.1, 0.15) is 40.3 Å². The fourth-order valence-corrected chi connectivity index (χ4v) is 1.75. The number of carbonyl (C=O) groups excluding carboxylic acids is 1. The zero-order valence-electron chi connectivity index (χ0n) is 12.1. The fraction of sp³-hybridized carbons (Fsp3) is 0.643. The van der Waals surface area contributed by atoms with Crippen LogP contribution < -0.4 is 10.6 Å². The molecule has 0 fully saturated rings. The number of nitrogens with one attached hydrogen (secondary N) is 2. The predicted octanol–water partition coefficient (Wildman–Crippen LogP) is 1.90. The van der Waals surface area contributed by atoms with Gasteiger partial charge in [0.15, 0.2) is 0 Å². The van der Waals surface area contributed by atoms with Crippen LogP contribution >= 0.6 is 0 Å². The van der Waals surface area contributed by atoms with Crippen molar-refractivity contribution in [1.29, 1.82) is 0 Å². The van der Waals surface area contributed by atoms with Gasteiger partial charge in [-0.1, -0.05) is 0 Å². The van der Waals surface area contributed by atoms with E-state index in [1.54, 1.807) is 0 Å². The Morgan fingerprint density at radius 1 is 1.44 bits per heavy atom. The molecule has 1 heterocycles. The number of carbonyl (C=O) groups is 1. The third-order valence-corrected chi connectivity index (χ3v) is 2.75. The lowest BCUT2D eigenvalue weighted by Gasteiger charge is -2.23. The van der Waals surface area contributed by atoms with E-state index in [9.17, 15) is 4.79 Å². The molecule has 0 aliphatic rings. The zero-order chi connectivity index (χ0) is 13.8. The first kappa shape index (κ1) is 14.8. The zero-order valence-corrected chi connectivity index (χ0v) is 12.1. The number of aryl methyl sites for hydroxylation is 1. The summed E-state index contributed by atoms with van der Waals surface area (Å²) < 4.78 is 2.17. The smallest absolute Gasteiger partial charge is 0.237 e. The van der Waals surface area contributed by atoms with Crippen molar-refractivity contribution in [1.82, 2.24) is 15.2 Å². The highest BCUT2D eigenvalue weighted by molar-refractivity contribution is 5.81. The van der Waals surface area contributed by atoms with Gasteiger partial charge in [0, 0.05) is 30.5 Å². The highest BCUT2D eigenvalue weighted by atomic mass is 16.2. The molecular formula is C14H25N3O. The Hall–Kier alpha value is -1.29. The highest BCUT2D eigenvalue weighted by Gasteiger charge is 2.18. The van der Waals surface area contributed by atoms with Crippen molar-refractivity contribution in [2.75, 3.05) is 0 Å². The molecule has 4 nitrogen and oxygen atoms in total. The second-order valence-electron chi connectivity index (χ2n) is 5.63. The van der Waals surface area contributed by atoms with Crippen LogP contribution in [0, 0.1) is 0 Å². The molecule has 1 rings (SSSR count). The molecule has 0 bridgehead atoms. The van der Waals surface area contributed by atoms with Crippen molar-refractivity contribution in [3.8, 4) is 0 Å². The van der Waals surface area contributed by atoms with Crippen molar-refractivity contribution in [2.45, 2.75) is 59.3 Å². The number of hydrogen-bond acceptors (Lipinski definition) is 2. The van der Waals surface area contributed by atoms with Gasteiger partial charge >= 0.3 is 0 Å². The quantitative estimate of drug-likeness (QED) is 0.839. The van der Waals surface area contributed by atoms with Gasteiger partial charge < -0.3 is 15.2 Å². The number of aromatic nitrogens is 1. The lowest BCUT2D eigenvalue weighted by atomic mass is 10.1. The predicted molar refractivity (Wildman–Crippen MR) is 74.3 cm³/mol. The van der Waals surface area contributed by atoms with Gasteiger partial charge in [-0.25, -0.2) is 0 Å². The summed E-state index contributed by atoms with van der Waals surface area (Å²) in [6, 6.07) is 3.91. The summed E-state index contributed by atoms with van der Waals surface area (Å²) in [4.78, 5) is 11.9. The van der Waals surface area contributed by atoms with Gasteiger partial charge in [0.05, 0.1) is 6.04 Å². The second kappa shape index (κ2) is 6.05. The number of hydrogen-bond donors (Lipinski definition) is 2. The van der Waals surface area contributed by atoms with Gasteiger partial charge in [-0.05, 0) is 46.8 Å². The molecule has 4 heteroatoms. The van der Waals surface area contributed by atoms with E-state index in [0.29, 0.717) is 6.54 Å². The molecule has 1 atom stereocenters. The molecule has 1 aromatic rings. The van der Waals surface area contributed by atoms with Crippen molar-refractivity contribution in [2.24, 2.45) is 0 Å². The van der Waals surface area contributed by atoms with Crippen molar-refractivity contribution in [3.63, 3.8) is 0 Å². The summed E-state index contributed by atoms with van der Waals surface area (Å²) in [6.45, 7) is 11.6. The van der Waals surface area contributed by atoms with Crippen LogP contribution in [0.4, 0.5) is 0 Å². The molecule has 0 aliphatic heterocycles. The van der Waals surface area contributed by atoms with Gasteiger partial charge in [0.25, 0.3) is 0 Å². The Bertz CT molecular complexity index is 390. The average Bonchev–Trinajstić information content (AvgIpc) is 2.70. The molecule has 0 spiro atoms. The number of amides is 1. The van der Waals surface area contributed by atoms with Crippen molar-refractivity contribution in [3.05, 3.63) is 24.0 Å². The van der Waals surface area contributed by atoms with E-state index in [2.05, 4.69) is 34.4 Å². The molecule has 18 heavy (non-hydrogen) atoms. The molecule has 0 radical (unpaired) electrons. The summed E-state index contributed by atoms with van der Waals surface area (Å²) >= 11 is 0. The minimum absolute atomic E-state index is 0.0390. The Kier molecular flexibility index (Phi) is 4.96. The number of nitrogens with zero attached hydrogens (tertiary/aromatic N) is 1. The minimum atomic E-state index is -0.190. The van der Waals surface area contributed by atoms with E-state index >= 15 is 0 Å². The van der Waals surface area contributed by atoms with Crippen LogP contribution in [0.15, 0.2) is 18.3 Å². The van der Waals surface area contributed by atoms with Gasteiger partial charge in [-0.15, -0.1) is 0 Å². The Balaban J connectivity index is 2.46. The minimum Gasteiger partial charge on any atom is -0.351 e. The molecular weight excluding hydrogens is 226 g/mol. The Morgan fingerprint density at radius 2 is 2.11 bits per heavy atom. The largest absolute Gasteiger partial charge is 0.351 e. The molecule has 0 aliphatic carbocycles. The average molecular weight is 251 g/mol. The summed E-state index contributed by atoms with van der Waals surface area (Å²) in [5.41, 5.74) is 1.02. The topological polar surface area (TPSA) is 46.1 Å². The van der Waals surface area contributed by atoms with Crippen LogP contribution in [0.25, 0.3) is 0 Å². The van der Waals surface area contributed by atoms with Crippen LogP contribution in [0.2, 0.25) is 0 Å². The standard InChI is InChI=1S/C14H25N3O/c1-6-17-9-7-8-12(17)10-15-11(2)13(18)16-14(3,4)5/h7-9,11,15H,6,10H2,1-5H3,(H,16,18). The first-order chi connectivity index (χ1) is 8.33. The maximum Gasteiger partial charge on any atom is 0.237 e. The molecule has 102 valence electrons. The SMILES string of the molecule is CCn1cccc1CNC(C)C(=O)NC(C)(C)C. The lowest BCUT2D eigenvalue weighted by Crippen LogP contribution is -2.49. The molecule has 0 aromatic carbocycles. The van der Waals surface area contributed by atoms with E-state index in [-0.39, 0.29) is 17.5 Å². The van der Waals surface area contributed by atoms with E-state index < -0.39 is 0 Å². The van der Waals surface area contributed by atoms with Crippen LogP contribution in [-0.4, -0.2) is 22.1 Å². The first-order valence-corrected chi connectivity index (χ1v) is 6.53. The van der Waals surface area contributed by atoms with Gasteiger partial charge in [0.1, 0.15) is 0 Å². The maximum absolute atomic E-state index is 11.9. The normalized spacial score (nSPS) is 13.4. The third-order valence-electron chi connectivity index (χ3n) is 2.75. The van der Waals surface area contributed by atoms with Crippen LogP contribution in [0.3, 0.4) is 0 Å². The third kappa shape index (κ3) is 4.53. The first-order valence-electron chi connectivity index (χ1n) is 6.53. The van der Waals surface area contributed by atoms with Crippen LogP contribution in [-0.2, 0) is 17.9 Å². The molecule has 1 amide bonds. The molecule has 1 aromatic heterocycles. The number of rotatable bonds is 5. The molecule has 1 unspecified atom stereocenters. The maximum atomic E-state index is 11.9. The summed E-state index contributed by atoms with van der Waals surface area (Å²) in [7, 11) is 0. The lowest BCUT2D eigenvalue weighted by molar-refractivity contribution is -0.124. The van der Waals surface area contributed by atoms with Gasteiger partial charge in [-0.2, -0.15) is 0 Å². The monoisotopic (exact) mass is 251 g/mol. The fourth-order valence-electron chi connectivity index (χ4n) is 1.75. The van der Waals surface area contributed by atoms with E-state index in [1.165, 1.54) is 5.69 Å². The Labute approximate surface area is 110 Å². The Morgan fingerprint density at radius 3 is 2.67 bits per heavy atom. The summed E-state index contributed by atoms with van der Waals surface area (Å²) in [5, 5.41) is 6.22. The summed E-state index contributed by atoms with van der Waals surface area (Å²) in [5.74, 6) is 0.0390. The van der Waals surface area contributed by atoms with E-state index in [0.717, 1.165) is 6.54 Å². The van der Waals surface area contributed by atoms with E-state index in [1.807, 2.05) is 33.8 Å². The van der Waals surface area contributed by atoms with Crippen LogP contribution in [0.5, 0.6) is 0 Å². The highest BCUT2D eigenvalue weighted by Crippen LogP contribution is 2.03. The van der Waals surface area contributed by atoms with Crippen molar-refractivity contribution >= 4 is 5.91 Å². The molecule has 0 saturated carbocycles. The van der Waals surface area contributed by atoms with Gasteiger partial charge in [-0.3, -0.25) is 4.79 Å². The van der Waals surface area contributed by atoms with Crippen molar-refractivity contribution < 1.29 is 4.79 Å². The summed E-state index contributed by atoms with van der Waals surface area (Å²) in [6.07, 6.45) is 2.05. The van der Waals surface area contributed by atoms with E-state index in [4.69, 9.17) is 0 Å². The molecule has 2 N–H and O–H groups in total.